The Hall–Kier alpha value is -4.57. The lowest BCUT2D eigenvalue weighted by Crippen LogP contribution is -2.65. The Bertz CT molecular complexity index is 1730. The Morgan fingerprint density at radius 1 is 1.07 bits per heavy atom. The lowest BCUT2D eigenvalue weighted by Gasteiger charge is -2.58. The average molecular weight is 606 g/mol. The molecule has 8 rings (SSSR count). The van der Waals surface area contributed by atoms with E-state index in [1.165, 1.54) is 24.5 Å². The van der Waals surface area contributed by atoms with E-state index in [9.17, 15) is 9.59 Å². The third kappa shape index (κ3) is 5.59. The highest BCUT2D eigenvalue weighted by Crippen LogP contribution is 2.52. The molecule has 2 aliphatic heterocycles. The number of amides is 2. The third-order valence-corrected chi connectivity index (χ3v) is 9.75. The average Bonchev–Trinajstić information content (AvgIpc) is 3.64. The van der Waals surface area contributed by atoms with Gasteiger partial charge in [0.05, 0.1) is 34.6 Å². The Morgan fingerprint density at radius 2 is 1.87 bits per heavy atom. The third-order valence-electron chi connectivity index (χ3n) is 9.75. The number of rotatable bonds is 6. The van der Waals surface area contributed by atoms with E-state index >= 15 is 0 Å². The highest BCUT2D eigenvalue weighted by atomic mass is 16.5. The van der Waals surface area contributed by atoms with E-state index in [4.69, 9.17) is 15.5 Å². The number of nitrogen functional groups attached to an aromatic ring is 1. The molecule has 0 bridgehead atoms. The number of pyridine rings is 2. The smallest absolute Gasteiger partial charge is 0.245 e. The van der Waals surface area contributed by atoms with Crippen molar-refractivity contribution < 1.29 is 14.3 Å². The number of carbonyl (C=O) groups excluding carboxylic acids is 2. The number of hydrogen-bond donors (Lipinski definition) is 1. The van der Waals surface area contributed by atoms with Gasteiger partial charge >= 0.3 is 0 Å². The van der Waals surface area contributed by atoms with Crippen LogP contribution >= 0.6 is 0 Å². The monoisotopic (exact) mass is 605 g/mol. The molecule has 1 spiro atoms. The van der Waals surface area contributed by atoms with Crippen LogP contribution in [0.3, 0.4) is 0 Å². The van der Waals surface area contributed by atoms with Gasteiger partial charge in [0.1, 0.15) is 11.6 Å². The molecule has 45 heavy (non-hydrogen) atoms. The predicted octanol–water partition coefficient (Wildman–Crippen LogP) is 4.60. The molecular weight excluding hydrogens is 566 g/mol. The minimum Gasteiger partial charge on any atom is -0.383 e. The van der Waals surface area contributed by atoms with Gasteiger partial charge in [0.25, 0.3) is 0 Å². The van der Waals surface area contributed by atoms with Gasteiger partial charge in [0, 0.05) is 57.0 Å². The first-order chi connectivity index (χ1) is 21.9. The molecule has 1 aromatic carbocycles. The minimum atomic E-state index is 0.00730. The minimum absolute atomic E-state index is 0.00730. The maximum Gasteiger partial charge on any atom is 0.245 e. The Morgan fingerprint density at radius 3 is 2.53 bits per heavy atom. The number of benzene rings is 1. The van der Waals surface area contributed by atoms with E-state index in [0.29, 0.717) is 11.7 Å². The van der Waals surface area contributed by atoms with Gasteiger partial charge in [-0.15, -0.1) is 0 Å². The van der Waals surface area contributed by atoms with Crippen LogP contribution in [0.5, 0.6) is 0 Å². The zero-order valence-corrected chi connectivity index (χ0v) is 25.6. The van der Waals surface area contributed by atoms with Gasteiger partial charge in [0.2, 0.25) is 11.8 Å². The second-order valence-corrected chi connectivity index (χ2v) is 12.9. The first kappa shape index (κ1) is 29.2. The zero-order valence-electron chi connectivity index (χ0n) is 25.6. The number of imidazole rings is 1. The standard InChI is InChI=1S/C20H17N5.C15H22N2O3/c21-19-16(4-2-10-23-19)20-24-17-8-7-14(13-5-6-13)11-18(17)25(20)15-3-1-9-22-12-15;1-3-13(18)17-9-15(10-17)6-11(7-15)14(19)16-5-4-12(8-16)20-2/h1-4,7-13H,5-6H2,(H2,21,23);3,11-12H,1,4-10H2,2H3. The fraction of sp³-hybridized carbons (Fsp3) is 0.400. The number of aromatic nitrogens is 4. The van der Waals surface area contributed by atoms with Crippen LogP contribution < -0.4 is 5.73 Å². The largest absolute Gasteiger partial charge is 0.383 e. The van der Waals surface area contributed by atoms with E-state index in [2.05, 4.69) is 39.3 Å². The van der Waals surface area contributed by atoms with Gasteiger partial charge in [-0.3, -0.25) is 19.1 Å². The van der Waals surface area contributed by atoms with E-state index in [1.807, 2.05) is 40.3 Å². The molecule has 2 aliphatic carbocycles. The quantitative estimate of drug-likeness (QED) is 0.319. The molecule has 1 atom stereocenters. The Labute approximate surface area is 262 Å². The summed E-state index contributed by atoms with van der Waals surface area (Å²) in [5, 5.41) is 0. The zero-order chi connectivity index (χ0) is 31.1. The van der Waals surface area contributed by atoms with Crippen molar-refractivity contribution in [3.63, 3.8) is 0 Å². The van der Waals surface area contributed by atoms with E-state index < -0.39 is 0 Å². The first-order valence-corrected chi connectivity index (χ1v) is 15.7. The molecule has 1 unspecified atom stereocenters. The van der Waals surface area contributed by atoms with Crippen molar-refractivity contribution in [3.8, 4) is 17.1 Å². The maximum absolute atomic E-state index is 12.4. The van der Waals surface area contributed by atoms with Crippen LogP contribution in [0.2, 0.25) is 0 Å². The van der Waals surface area contributed by atoms with Gasteiger partial charge in [-0.25, -0.2) is 9.97 Å². The molecule has 2 saturated heterocycles. The molecule has 4 aromatic rings. The van der Waals surface area contributed by atoms with Crippen molar-refractivity contribution in [1.29, 1.82) is 0 Å². The molecule has 4 aliphatic rings. The van der Waals surface area contributed by atoms with E-state index in [0.717, 1.165) is 73.6 Å². The summed E-state index contributed by atoms with van der Waals surface area (Å²) in [5.74, 6) is 2.41. The molecule has 10 nitrogen and oxygen atoms in total. The second kappa shape index (κ2) is 11.7. The number of anilines is 1. The van der Waals surface area contributed by atoms with Crippen molar-refractivity contribution in [1.82, 2.24) is 29.3 Å². The van der Waals surface area contributed by atoms with Crippen molar-refractivity contribution in [3.05, 3.63) is 79.3 Å². The van der Waals surface area contributed by atoms with Crippen molar-refractivity contribution in [2.75, 3.05) is 39.0 Å². The molecule has 2 amide bonds. The van der Waals surface area contributed by atoms with Crippen molar-refractivity contribution in [2.45, 2.75) is 44.1 Å². The molecule has 5 heterocycles. The molecule has 0 radical (unpaired) electrons. The van der Waals surface area contributed by atoms with Crippen LogP contribution in [0.25, 0.3) is 28.1 Å². The molecule has 232 valence electrons. The number of nitrogens with two attached hydrogens (primary N) is 1. The fourth-order valence-corrected chi connectivity index (χ4v) is 7.14. The summed E-state index contributed by atoms with van der Waals surface area (Å²) in [7, 11) is 1.70. The SMILES string of the molecule is C=CC(=O)N1CC2(CC(C(=O)N3CCC(OC)C3)C2)C1.Nc1ncccc1-c1nc2ccc(C3CC3)cc2n1-c1cccnc1. The van der Waals surface area contributed by atoms with Gasteiger partial charge in [-0.05, 0) is 86.1 Å². The molecule has 3 aromatic heterocycles. The maximum atomic E-state index is 12.4. The number of likely N-dealkylation sites (tertiary alicyclic amines) is 2. The van der Waals surface area contributed by atoms with Crippen LogP contribution in [0.4, 0.5) is 5.82 Å². The van der Waals surface area contributed by atoms with Gasteiger partial charge in [0.15, 0.2) is 0 Å². The molecular formula is C35H39N7O3. The number of carbonyl (C=O) groups is 2. The number of nitrogens with zero attached hydrogens (tertiary/aromatic N) is 6. The lowest BCUT2D eigenvalue weighted by atomic mass is 9.57. The summed E-state index contributed by atoms with van der Waals surface area (Å²) >= 11 is 0. The Balaban J connectivity index is 0.000000149. The summed E-state index contributed by atoms with van der Waals surface area (Å²) in [6.07, 6.45) is 12.2. The van der Waals surface area contributed by atoms with Crippen LogP contribution in [0, 0.1) is 11.3 Å². The van der Waals surface area contributed by atoms with Crippen LogP contribution in [0.15, 0.2) is 73.7 Å². The molecule has 4 fully saturated rings. The normalized spacial score (nSPS) is 20.3. The molecule has 2 N–H and O–H groups in total. The molecule has 2 saturated carbocycles. The summed E-state index contributed by atoms with van der Waals surface area (Å²) in [6.45, 7) is 6.65. The van der Waals surface area contributed by atoms with E-state index in [-0.39, 0.29) is 29.3 Å². The topological polar surface area (TPSA) is 119 Å². The summed E-state index contributed by atoms with van der Waals surface area (Å²) in [5.41, 5.74) is 11.6. The van der Waals surface area contributed by atoms with Gasteiger partial charge in [-0.2, -0.15) is 0 Å². The summed E-state index contributed by atoms with van der Waals surface area (Å²) in [4.78, 5) is 40.9. The fourth-order valence-electron chi connectivity index (χ4n) is 7.14. The summed E-state index contributed by atoms with van der Waals surface area (Å²) < 4.78 is 7.43. The number of methoxy groups -OCH3 is 1. The highest BCUT2D eigenvalue weighted by molar-refractivity contribution is 5.88. The van der Waals surface area contributed by atoms with E-state index in [1.54, 1.807) is 19.5 Å². The summed E-state index contributed by atoms with van der Waals surface area (Å²) in [6, 6.07) is 14.4. The number of fused-ring (bicyclic) bond motifs is 1. The first-order valence-electron chi connectivity index (χ1n) is 15.7. The predicted molar refractivity (Wildman–Crippen MR) is 172 cm³/mol. The van der Waals surface area contributed by atoms with Crippen LogP contribution in [-0.4, -0.2) is 80.5 Å². The van der Waals surface area contributed by atoms with Gasteiger partial charge < -0.3 is 20.3 Å². The van der Waals surface area contributed by atoms with Crippen LogP contribution in [-0.2, 0) is 14.3 Å². The molecule has 10 heteroatoms. The second-order valence-electron chi connectivity index (χ2n) is 12.9. The van der Waals surface area contributed by atoms with Crippen molar-refractivity contribution in [2.24, 2.45) is 11.3 Å². The van der Waals surface area contributed by atoms with Crippen molar-refractivity contribution >= 4 is 28.7 Å². The number of ether oxygens (including phenoxy) is 1. The highest BCUT2D eigenvalue weighted by Gasteiger charge is 2.56. The number of hydrogen-bond acceptors (Lipinski definition) is 7. The lowest BCUT2D eigenvalue weighted by molar-refractivity contribution is -0.161. The van der Waals surface area contributed by atoms with Crippen LogP contribution in [0.1, 0.15) is 43.6 Å². The van der Waals surface area contributed by atoms with Gasteiger partial charge in [-0.1, -0.05) is 12.6 Å². The Kier molecular flexibility index (Phi) is 7.61.